The lowest BCUT2D eigenvalue weighted by Crippen LogP contribution is -2.28. The number of rotatable bonds is 5. The Hall–Kier alpha value is -0.960. The van der Waals surface area contributed by atoms with Crippen molar-refractivity contribution in [1.29, 1.82) is 0 Å². The first-order valence-electron chi connectivity index (χ1n) is 7.42. The van der Waals surface area contributed by atoms with Gasteiger partial charge in [0, 0.05) is 11.6 Å². The van der Waals surface area contributed by atoms with Gasteiger partial charge in [0.05, 0.1) is 0 Å². The molecule has 2 rings (SSSR count). The first-order valence-corrected chi connectivity index (χ1v) is 7.42. The van der Waals surface area contributed by atoms with Crippen LogP contribution in [0.4, 0.5) is 8.78 Å². The fourth-order valence-electron chi connectivity index (χ4n) is 3.58. The fraction of sp³-hybridized carbons (Fsp3) is 0.647. The van der Waals surface area contributed by atoms with E-state index in [0.29, 0.717) is 0 Å². The minimum atomic E-state index is -0.447. The van der Waals surface area contributed by atoms with E-state index in [1.54, 1.807) is 0 Å². The summed E-state index contributed by atoms with van der Waals surface area (Å²) in [5.74, 6) is -0.665. The van der Waals surface area contributed by atoms with Gasteiger partial charge in [-0.25, -0.2) is 8.78 Å². The quantitative estimate of drug-likeness (QED) is 0.825. The van der Waals surface area contributed by atoms with Crippen molar-refractivity contribution in [1.82, 2.24) is 5.32 Å². The van der Waals surface area contributed by atoms with Gasteiger partial charge < -0.3 is 5.32 Å². The molecule has 1 atom stereocenters. The average Bonchev–Trinajstić information content (AvgIpc) is 2.74. The summed E-state index contributed by atoms with van der Waals surface area (Å²) >= 11 is 0. The molecule has 1 fully saturated rings. The summed E-state index contributed by atoms with van der Waals surface area (Å²) in [5.41, 5.74) is 0.352. The fourth-order valence-corrected chi connectivity index (χ4v) is 3.58. The summed E-state index contributed by atoms with van der Waals surface area (Å²) in [6.07, 6.45) is 0.945. The van der Waals surface area contributed by atoms with Crippen LogP contribution in [-0.4, -0.2) is 6.54 Å². The number of hydrogen-bond acceptors (Lipinski definition) is 1. The van der Waals surface area contributed by atoms with Crippen LogP contribution < -0.4 is 5.32 Å². The van der Waals surface area contributed by atoms with Gasteiger partial charge in [-0.15, -0.1) is 0 Å². The largest absolute Gasteiger partial charge is 0.309 e. The van der Waals surface area contributed by atoms with Gasteiger partial charge in [0.2, 0.25) is 0 Å². The van der Waals surface area contributed by atoms with Gasteiger partial charge in [-0.05, 0) is 41.8 Å². The molecule has 1 aliphatic carbocycles. The summed E-state index contributed by atoms with van der Waals surface area (Å²) in [4.78, 5) is 0. The second-order valence-corrected chi connectivity index (χ2v) is 6.99. The number of hydrogen-bond donors (Lipinski definition) is 1. The van der Waals surface area contributed by atoms with Crippen molar-refractivity contribution in [2.24, 2.45) is 16.7 Å². The topological polar surface area (TPSA) is 12.0 Å². The molecule has 1 aromatic rings. The van der Waals surface area contributed by atoms with Crippen LogP contribution in [0.15, 0.2) is 18.2 Å². The van der Waals surface area contributed by atoms with Crippen molar-refractivity contribution in [3.63, 3.8) is 0 Å². The molecule has 1 aliphatic rings. The third kappa shape index (κ3) is 2.26. The van der Waals surface area contributed by atoms with Crippen molar-refractivity contribution >= 4 is 0 Å². The standard InChI is InChI=1S/C17H25F2N/c1-6-10-20-14(15-16(2,3)17(15,4)5)13-11(18)8-7-9-12(13)19/h7-9,14-15,20H,6,10H2,1-5H3. The first kappa shape index (κ1) is 15.4. The summed E-state index contributed by atoms with van der Waals surface area (Å²) in [5, 5.41) is 3.36. The second-order valence-electron chi connectivity index (χ2n) is 6.99. The van der Waals surface area contributed by atoms with E-state index < -0.39 is 11.6 Å². The zero-order chi connectivity index (χ0) is 15.1. The van der Waals surface area contributed by atoms with Gasteiger partial charge >= 0.3 is 0 Å². The molecular weight excluding hydrogens is 256 g/mol. The van der Waals surface area contributed by atoms with Crippen molar-refractivity contribution in [2.75, 3.05) is 6.54 Å². The van der Waals surface area contributed by atoms with E-state index in [0.717, 1.165) is 13.0 Å². The third-order valence-electron chi connectivity index (χ3n) is 5.39. The van der Waals surface area contributed by atoms with Gasteiger partial charge in [-0.1, -0.05) is 40.7 Å². The molecule has 0 bridgehead atoms. The highest BCUT2D eigenvalue weighted by Gasteiger charge is 2.67. The molecule has 0 amide bonds. The minimum Gasteiger partial charge on any atom is -0.309 e. The lowest BCUT2D eigenvalue weighted by atomic mass is 9.95. The van der Waals surface area contributed by atoms with E-state index in [9.17, 15) is 8.78 Å². The van der Waals surface area contributed by atoms with E-state index in [4.69, 9.17) is 0 Å². The lowest BCUT2D eigenvalue weighted by molar-refractivity contribution is 0.380. The highest BCUT2D eigenvalue weighted by molar-refractivity contribution is 5.30. The monoisotopic (exact) mass is 281 g/mol. The van der Waals surface area contributed by atoms with E-state index in [1.807, 2.05) is 0 Å². The van der Waals surface area contributed by atoms with Gasteiger partial charge in [0.1, 0.15) is 11.6 Å². The zero-order valence-corrected chi connectivity index (χ0v) is 13.1. The molecule has 1 saturated carbocycles. The molecule has 0 heterocycles. The Kier molecular flexibility index (Phi) is 3.94. The summed E-state index contributed by atoms with van der Waals surface area (Å²) in [7, 11) is 0. The minimum absolute atomic E-state index is 0.0765. The Morgan fingerprint density at radius 1 is 1.10 bits per heavy atom. The maximum absolute atomic E-state index is 14.1. The molecule has 1 nitrogen and oxygen atoms in total. The van der Waals surface area contributed by atoms with Crippen LogP contribution in [0.5, 0.6) is 0 Å². The maximum Gasteiger partial charge on any atom is 0.130 e. The maximum atomic E-state index is 14.1. The summed E-state index contributed by atoms with van der Waals surface area (Å²) in [6, 6.07) is 3.86. The molecule has 0 radical (unpaired) electrons. The van der Waals surface area contributed by atoms with Crippen molar-refractivity contribution in [3.05, 3.63) is 35.4 Å². The van der Waals surface area contributed by atoms with Crippen molar-refractivity contribution < 1.29 is 8.78 Å². The molecule has 0 aliphatic heterocycles. The van der Waals surface area contributed by atoms with Gasteiger partial charge in [-0.2, -0.15) is 0 Å². The van der Waals surface area contributed by atoms with Crippen LogP contribution in [0.25, 0.3) is 0 Å². The predicted octanol–water partition coefficient (Wildman–Crippen LogP) is 4.69. The second kappa shape index (κ2) is 5.10. The van der Waals surface area contributed by atoms with E-state index in [1.165, 1.54) is 18.2 Å². The molecule has 0 aromatic heterocycles. The van der Waals surface area contributed by atoms with E-state index in [2.05, 4.69) is 39.9 Å². The molecule has 1 unspecified atom stereocenters. The normalized spacial score (nSPS) is 21.8. The predicted molar refractivity (Wildman–Crippen MR) is 78.4 cm³/mol. The number of nitrogens with one attached hydrogen (secondary N) is 1. The lowest BCUT2D eigenvalue weighted by Gasteiger charge is -2.22. The van der Waals surface area contributed by atoms with Crippen LogP contribution >= 0.6 is 0 Å². The molecule has 0 saturated heterocycles. The Labute approximate surface area is 120 Å². The van der Waals surface area contributed by atoms with Crippen LogP contribution in [0.2, 0.25) is 0 Å². The molecular formula is C17H25F2N. The highest BCUT2D eigenvalue weighted by atomic mass is 19.1. The Morgan fingerprint density at radius 3 is 2.00 bits per heavy atom. The van der Waals surface area contributed by atoms with Gasteiger partial charge in [0.25, 0.3) is 0 Å². The van der Waals surface area contributed by atoms with Crippen molar-refractivity contribution in [2.45, 2.75) is 47.1 Å². The Morgan fingerprint density at radius 2 is 1.60 bits per heavy atom. The third-order valence-corrected chi connectivity index (χ3v) is 5.39. The smallest absolute Gasteiger partial charge is 0.130 e. The Balaban J connectivity index is 2.40. The summed E-state index contributed by atoms with van der Waals surface area (Å²) in [6.45, 7) is 11.5. The molecule has 1 aromatic carbocycles. The SMILES string of the molecule is CCCNC(c1c(F)cccc1F)C1C(C)(C)C1(C)C. The molecule has 3 heteroatoms. The van der Waals surface area contributed by atoms with Crippen LogP contribution in [0, 0.1) is 28.4 Å². The number of benzene rings is 1. The summed E-state index contributed by atoms with van der Waals surface area (Å²) < 4.78 is 28.3. The van der Waals surface area contributed by atoms with Gasteiger partial charge in [-0.3, -0.25) is 0 Å². The van der Waals surface area contributed by atoms with E-state index >= 15 is 0 Å². The van der Waals surface area contributed by atoms with Crippen LogP contribution in [0.3, 0.4) is 0 Å². The molecule has 112 valence electrons. The zero-order valence-electron chi connectivity index (χ0n) is 13.1. The van der Waals surface area contributed by atoms with Gasteiger partial charge in [0.15, 0.2) is 0 Å². The van der Waals surface area contributed by atoms with Crippen molar-refractivity contribution in [3.8, 4) is 0 Å². The first-order chi connectivity index (χ1) is 9.25. The molecule has 0 spiro atoms. The average molecular weight is 281 g/mol. The molecule has 20 heavy (non-hydrogen) atoms. The molecule has 1 N–H and O–H groups in total. The number of halogens is 2. The Bertz CT molecular complexity index is 460. The van der Waals surface area contributed by atoms with Crippen LogP contribution in [-0.2, 0) is 0 Å². The van der Waals surface area contributed by atoms with E-state index in [-0.39, 0.29) is 28.4 Å². The van der Waals surface area contributed by atoms with Crippen LogP contribution in [0.1, 0.15) is 52.6 Å². The highest BCUT2D eigenvalue weighted by Crippen LogP contribution is 2.72.